The monoisotopic (exact) mass is 244 g/mol. The van der Waals surface area contributed by atoms with E-state index in [-0.39, 0.29) is 5.91 Å². The van der Waals surface area contributed by atoms with Gasteiger partial charge in [0, 0.05) is 12.4 Å². The minimum atomic E-state index is -0.539. The molecule has 1 aromatic heterocycles. The molecule has 0 aliphatic rings. The van der Waals surface area contributed by atoms with Crippen molar-refractivity contribution in [3.8, 4) is 0 Å². The van der Waals surface area contributed by atoms with E-state index in [4.69, 9.17) is 5.73 Å². The van der Waals surface area contributed by atoms with Crippen LogP contribution in [0.5, 0.6) is 0 Å². The van der Waals surface area contributed by atoms with Crippen molar-refractivity contribution in [3.63, 3.8) is 0 Å². The molecular formula is C13H16N4O. The lowest BCUT2D eigenvalue weighted by molar-refractivity contribution is -0.122. The maximum atomic E-state index is 11.8. The Labute approximate surface area is 105 Å². The molecule has 0 fully saturated rings. The third-order valence-corrected chi connectivity index (χ3v) is 2.62. The molecule has 1 aromatic carbocycles. The number of nitrogens with two attached hydrogens (primary N) is 1. The van der Waals surface area contributed by atoms with Crippen LogP contribution < -0.4 is 11.1 Å². The van der Waals surface area contributed by atoms with Gasteiger partial charge in [0.15, 0.2) is 0 Å². The highest BCUT2D eigenvalue weighted by Gasteiger charge is 2.13. The predicted octanol–water partition coefficient (Wildman–Crippen LogP) is 0.596. The lowest BCUT2D eigenvalue weighted by Crippen LogP contribution is -2.41. The highest BCUT2D eigenvalue weighted by Crippen LogP contribution is 2.02. The van der Waals surface area contributed by atoms with Crippen molar-refractivity contribution in [1.29, 1.82) is 0 Å². The van der Waals surface area contributed by atoms with Crippen molar-refractivity contribution in [2.24, 2.45) is 5.73 Å². The number of rotatable bonds is 5. The second kappa shape index (κ2) is 5.97. The van der Waals surface area contributed by atoms with Gasteiger partial charge in [-0.3, -0.25) is 4.79 Å². The molecule has 0 radical (unpaired) electrons. The highest BCUT2D eigenvalue weighted by molar-refractivity contribution is 5.81. The van der Waals surface area contributed by atoms with Crippen LogP contribution in [0.1, 0.15) is 11.4 Å². The zero-order chi connectivity index (χ0) is 12.8. The van der Waals surface area contributed by atoms with Gasteiger partial charge in [0.05, 0.1) is 12.6 Å². The van der Waals surface area contributed by atoms with Gasteiger partial charge in [0.2, 0.25) is 5.91 Å². The minimum absolute atomic E-state index is 0.171. The average Bonchev–Trinajstić information content (AvgIpc) is 2.90. The van der Waals surface area contributed by atoms with Gasteiger partial charge < -0.3 is 16.0 Å². The number of amides is 1. The van der Waals surface area contributed by atoms with Gasteiger partial charge in [-0.25, -0.2) is 4.98 Å². The van der Waals surface area contributed by atoms with Crippen molar-refractivity contribution in [2.45, 2.75) is 19.0 Å². The van der Waals surface area contributed by atoms with Gasteiger partial charge >= 0.3 is 0 Å². The maximum absolute atomic E-state index is 11.8. The van der Waals surface area contributed by atoms with E-state index in [1.807, 2.05) is 30.3 Å². The molecule has 0 bridgehead atoms. The normalized spacial score (nSPS) is 12.1. The van der Waals surface area contributed by atoms with E-state index < -0.39 is 6.04 Å². The summed E-state index contributed by atoms with van der Waals surface area (Å²) < 4.78 is 0. The van der Waals surface area contributed by atoms with Crippen LogP contribution >= 0.6 is 0 Å². The summed E-state index contributed by atoms with van der Waals surface area (Å²) in [5.74, 6) is 0.547. The molecule has 0 aliphatic heterocycles. The van der Waals surface area contributed by atoms with Crippen LogP contribution in [-0.4, -0.2) is 21.9 Å². The van der Waals surface area contributed by atoms with Crippen LogP contribution in [-0.2, 0) is 17.8 Å². The summed E-state index contributed by atoms with van der Waals surface area (Å²) in [4.78, 5) is 18.7. The number of hydrogen-bond donors (Lipinski definition) is 3. The van der Waals surface area contributed by atoms with Crippen molar-refractivity contribution in [1.82, 2.24) is 15.3 Å². The van der Waals surface area contributed by atoms with E-state index in [9.17, 15) is 4.79 Å². The Morgan fingerprint density at radius 3 is 2.83 bits per heavy atom. The molecule has 5 heteroatoms. The number of nitrogens with one attached hydrogen (secondary N) is 2. The molecule has 94 valence electrons. The molecule has 5 nitrogen and oxygen atoms in total. The second-order valence-electron chi connectivity index (χ2n) is 4.05. The number of carbonyl (C=O) groups excluding carboxylic acids is 1. The Morgan fingerprint density at radius 2 is 2.17 bits per heavy atom. The Hall–Kier alpha value is -2.14. The maximum Gasteiger partial charge on any atom is 0.237 e. The van der Waals surface area contributed by atoms with Gasteiger partial charge in [-0.15, -0.1) is 0 Å². The fourth-order valence-corrected chi connectivity index (χ4v) is 1.66. The third-order valence-electron chi connectivity index (χ3n) is 2.62. The zero-order valence-electron chi connectivity index (χ0n) is 9.97. The summed E-state index contributed by atoms with van der Waals surface area (Å²) in [6, 6.07) is 9.18. The molecule has 18 heavy (non-hydrogen) atoms. The van der Waals surface area contributed by atoms with Crippen molar-refractivity contribution in [2.75, 3.05) is 0 Å². The van der Waals surface area contributed by atoms with Crippen LogP contribution in [0.4, 0.5) is 0 Å². The molecule has 1 atom stereocenters. The number of nitrogens with zero attached hydrogens (tertiary/aromatic N) is 1. The van der Waals surface area contributed by atoms with Gasteiger partial charge in [-0.1, -0.05) is 30.3 Å². The quantitative estimate of drug-likeness (QED) is 0.720. The topological polar surface area (TPSA) is 83.8 Å². The van der Waals surface area contributed by atoms with Crippen molar-refractivity contribution < 1.29 is 4.79 Å². The first-order valence-electron chi connectivity index (χ1n) is 5.81. The summed E-state index contributed by atoms with van der Waals surface area (Å²) in [5, 5.41) is 2.75. The third kappa shape index (κ3) is 3.43. The number of aromatic amines is 1. The van der Waals surface area contributed by atoms with E-state index in [2.05, 4.69) is 15.3 Å². The Bertz CT molecular complexity index is 481. The Morgan fingerprint density at radius 1 is 1.39 bits per heavy atom. The lowest BCUT2D eigenvalue weighted by atomic mass is 10.1. The molecule has 4 N–H and O–H groups in total. The number of imidazole rings is 1. The van der Waals surface area contributed by atoms with Gasteiger partial charge in [0.25, 0.3) is 0 Å². The molecule has 0 aliphatic carbocycles. The molecule has 1 heterocycles. The lowest BCUT2D eigenvalue weighted by Gasteiger charge is -2.11. The SMILES string of the molecule is N[C@@H](Cc1ccccc1)C(=O)NCc1ncc[nH]1. The molecule has 2 rings (SSSR count). The summed E-state index contributed by atoms with van der Waals surface area (Å²) in [7, 11) is 0. The molecule has 0 unspecified atom stereocenters. The molecule has 0 saturated heterocycles. The number of H-pyrrole nitrogens is 1. The van der Waals surface area contributed by atoms with Crippen molar-refractivity contribution in [3.05, 3.63) is 54.1 Å². The largest absolute Gasteiger partial charge is 0.348 e. The molecule has 1 amide bonds. The summed E-state index contributed by atoms with van der Waals surface area (Å²) in [6.07, 6.45) is 3.89. The summed E-state index contributed by atoms with van der Waals surface area (Å²) in [6.45, 7) is 0.369. The van der Waals surface area contributed by atoms with Gasteiger partial charge in [-0.05, 0) is 12.0 Å². The first-order chi connectivity index (χ1) is 8.75. The van der Waals surface area contributed by atoms with Gasteiger partial charge in [-0.2, -0.15) is 0 Å². The molecular weight excluding hydrogens is 228 g/mol. The number of carbonyl (C=O) groups is 1. The van der Waals surface area contributed by atoms with E-state index >= 15 is 0 Å². The molecule has 2 aromatic rings. The van der Waals surface area contributed by atoms with E-state index in [1.54, 1.807) is 12.4 Å². The van der Waals surface area contributed by atoms with Crippen LogP contribution in [0.15, 0.2) is 42.7 Å². The predicted molar refractivity (Wildman–Crippen MR) is 68.6 cm³/mol. The van der Waals surface area contributed by atoms with Crippen LogP contribution in [0.25, 0.3) is 0 Å². The summed E-state index contributed by atoms with van der Waals surface area (Å²) >= 11 is 0. The second-order valence-corrected chi connectivity index (χ2v) is 4.05. The standard InChI is InChI=1S/C13H16N4O/c14-11(8-10-4-2-1-3-5-10)13(18)17-9-12-15-6-7-16-12/h1-7,11H,8-9,14H2,(H,15,16)(H,17,18)/t11-/m0/s1. The molecule has 0 saturated carbocycles. The Balaban J connectivity index is 1.82. The number of aromatic nitrogens is 2. The van der Waals surface area contributed by atoms with E-state index in [1.165, 1.54) is 0 Å². The first-order valence-corrected chi connectivity index (χ1v) is 5.81. The van der Waals surface area contributed by atoms with Crippen LogP contribution in [0, 0.1) is 0 Å². The number of benzene rings is 1. The van der Waals surface area contributed by atoms with Gasteiger partial charge in [0.1, 0.15) is 5.82 Å². The Kier molecular flexibility index (Phi) is 4.09. The zero-order valence-corrected chi connectivity index (χ0v) is 9.97. The smallest absolute Gasteiger partial charge is 0.237 e. The minimum Gasteiger partial charge on any atom is -0.348 e. The van der Waals surface area contributed by atoms with E-state index in [0.29, 0.717) is 13.0 Å². The van der Waals surface area contributed by atoms with Crippen LogP contribution in [0.2, 0.25) is 0 Å². The van der Waals surface area contributed by atoms with E-state index in [0.717, 1.165) is 11.4 Å². The van der Waals surface area contributed by atoms with Crippen molar-refractivity contribution >= 4 is 5.91 Å². The fourth-order valence-electron chi connectivity index (χ4n) is 1.66. The molecule has 0 spiro atoms. The fraction of sp³-hybridized carbons (Fsp3) is 0.231. The van der Waals surface area contributed by atoms with Crippen LogP contribution in [0.3, 0.4) is 0 Å². The average molecular weight is 244 g/mol. The highest BCUT2D eigenvalue weighted by atomic mass is 16.2. The summed E-state index contributed by atoms with van der Waals surface area (Å²) in [5.41, 5.74) is 6.90. The number of hydrogen-bond acceptors (Lipinski definition) is 3. The first kappa shape index (κ1) is 12.3.